The maximum atomic E-state index is 13.1. The van der Waals surface area contributed by atoms with Crippen LogP contribution in [-0.2, 0) is 23.8 Å². The zero-order valence-electron chi connectivity index (χ0n) is 22.1. The van der Waals surface area contributed by atoms with E-state index in [2.05, 4.69) is 18.8 Å². The number of epoxide rings is 2. The highest BCUT2D eigenvalue weighted by molar-refractivity contribution is 5.86. The van der Waals surface area contributed by atoms with Gasteiger partial charge in [0.1, 0.15) is 29.4 Å². The normalized spacial score (nSPS) is 37.4. The first kappa shape index (κ1) is 25.7. The highest BCUT2D eigenvalue weighted by Gasteiger charge is 2.67. The molecule has 198 valence electrons. The number of aromatic nitrogens is 1. The minimum Gasteiger partial charge on any atom is -0.458 e. The summed E-state index contributed by atoms with van der Waals surface area (Å²) >= 11 is 0. The Hall–Kier alpha value is -1.99. The molecule has 1 aliphatic carbocycles. The number of carbonyl (C=O) groups excluding carboxylic acids is 2. The van der Waals surface area contributed by atoms with Gasteiger partial charge in [0.15, 0.2) is 5.89 Å². The number of ether oxygens (including phenoxy) is 3. The van der Waals surface area contributed by atoms with E-state index in [0.717, 1.165) is 58.0 Å². The van der Waals surface area contributed by atoms with Gasteiger partial charge in [0.25, 0.3) is 0 Å². The molecular weight excluding hydrogens is 458 g/mol. The van der Waals surface area contributed by atoms with Crippen molar-refractivity contribution in [3.05, 3.63) is 23.9 Å². The van der Waals surface area contributed by atoms with Gasteiger partial charge >= 0.3 is 5.97 Å². The van der Waals surface area contributed by atoms with Crippen LogP contribution in [0.5, 0.6) is 0 Å². The van der Waals surface area contributed by atoms with Crippen LogP contribution in [0.15, 0.2) is 16.8 Å². The molecule has 7 heteroatoms. The Labute approximate surface area is 214 Å². The largest absolute Gasteiger partial charge is 0.458 e. The van der Waals surface area contributed by atoms with Gasteiger partial charge in [-0.15, -0.1) is 0 Å². The van der Waals surface area contributed by atoms with Crippen molar-refractivity contribution in [1.29, 1.82) is 0 Å². The van der Waals surface area contributed by atoms with Crippen LogP contribution in [0.25, 0.3) is 6.08 Å². The minimum atomic E-state index is -0.449. The number of ketones is 1. The van der Waals surface area contributed by atoms with Crippen molar-refractivity contribution < 1.29 is 28.2 Å². The lowest BCUT2D eigenvalue weighted by molar-refractivity contribution is -0.149. The summed E-state index contributed by atoms with van der Waals surface area (Å²) in [4.78, 5) is 30.5. The summed E-state index contributed by atoms with van der Waals surface area (Å²) in [7, 11) is 0. The summed E-state index contributed by atoms with van der Waals surface area (Å²) in [6, 6.07) is 0. The fourth-order valence-corrected chi connectivity index (χ4v) is 6.39. The van der Waals surface area contributed by atoms with Gasteiger partial charge in [0, 0.05) is 38.0 Å². The molecule has 1 aromatic rings. The van der Waals surface area contributed by atoms with Gasteiger partial charge in [-0.1, -0.05) is 26.2 Å². The van der Waals surface area contributed by atoms with E-state index in [4.69, 9.17) is 18.6 Å². The SMILES string of the molecule is Cc1nc(C=CC2CC3(CC4CO4)OC3(C)CCCC(C)CCC(=O)C3(CCC3)CCC(=O)O2)co1. The molecule has 1 aromatic heterocycles. The molecule has 5 rings (SSSR count). The second-order valence-electron chi connectivity index (χ2n) is 12.0. The van der Waals surface area contributed by atoms with Gasteiger partial charge < -0.3 is 18.6 Å². The van der Waals surface area contributed by atoms with Crippen LogP contribution in [0.2, 0.25) is 0 Å². The third kappa shape index (κ3) is 5.62. The summed E-state index contributed by atoms with van der Waals surface area (Å²) in [5.41, 5.74) is -0.246. The van der Waals surface area contributed by atoms with Crippen LogP contribution in [-0.4, -0.2) is 46.8 Å². The Bertz CT molecular complexity index is 992. The van der Waals surface area contributed by atoms with Gasteiger partial charge in [0.05, 0.1) is 18.3 Å². The number of esters is 1. The lowest BCUT2D eigenvalue weighted by atomic mass is 9.62. The third-order valence-corrected chi connectivity index (χ3v) is 9.16. The van der Waals surface area contributed by atoms with E-state index in [-0.39, 0.29) is 35.1 Å². The maximum absolute atomic E-state index is 13.1. The Balaban J connectivity index is 1.36. The number of nitrogens with zero attached hydrogens (tertiary/aromatic N) is 1. The molecule has 0 radical (unpaired) electrons. The Morgan fingerprint density at radius 2 is 1.92 bits per heavy atom. The molecular formula is C29H41NO6. The van der Waals surface area contributed by atoms with Crippen LogP contribution in [0, 0.1) is 18.3 Å². The zero-order chi connectivity index (χ0) is 25.4. The van der Waals surface area contributed by atoms with Crippen LogP contribution in [0.3, 0.4) is 0 Å². The van der Waals surface area contributed by atoms with Gasteiger partial charge in [-0.3, -0.25) is 9.59 Å². The van der Waals surface area contributed by atoms with Gasteiger partial charge in [-0.2, -0.15) is 0 Å². The average molecular weight is 500 g/mol. The second kappa shape index (κ2) is 10.1. The summed E-state index contributed by atoms with van der Waals surface area (Å²) in [6.45, 7) is 7.02. The molecule has 3 saturated heterocycles. The smallest absolute Gasteiger partial charge is 0.306 e. The molecule has 0 bridgehead atoms. The number of oxazole rings is 1. The van der Waals surface area contributed by atoms with E-state index in [9.17, 15) is 9.59 Å². The molecule has 7 nitrogen and oxygen atoms in total. The summed E-state index contributed by atoms with van der Waals surface area (Å²) in [5.74, 6) is 1.20. The Kier molecular flexibility index (Phi) is 7.16. The molecule has 0 aromatic carbocycles. The lowest BCUT2D eigenvalue weighted by Crippen LogP contribution is -2.39. The fraction of sp³-hybridized carbons (Fsp3) is 0.759. The summed E-state index contributed by atoms with van der Waals surface area (Å²) in [6.07, 6.45) is 14.9. The Morgan fingerprint density at radius 1 is 1.11 bits per heavy atom. The molecule has 0 amide bonds. The van der Waals surface area contributed by atoms with Crippen molar-refractivity contribution in [2.24, 2.45) is 11.3 Å². The van der Waals surface area contributed by atoms with Gasteiger partial charge in [-0.05, 0) is 57.1 Å². The van der Waals surface area contributed by atoms with Crippen molar-refractivity contribution in [2.45, 2.75) is 121 Å². The molecule has 0 N–H and O–H groups in total. The monoisotopic (exact) mass is 499 g/mol. The lowest BCUT2D eigenvalue weighted by Gasteiger charge is -2.40. The first-order chi connectivity index (χ1) is 17.2. The number of hydrogen-bond donors (Lipinski definition) is 0. The van der Waals surface area contributed by atoms with Crippen LogP contribution >= 0.6 is 0 Å². The number of fused-ring (bicyclic) bond motifs is 1. The predicted octanol–water partition coefficient (Wildman–Crippen LogP) is 5.73. The predicted molar refractivity (Wildman–Crippen MR) is 134 cm³/mol. The van der Waals surface area contributed by atoms with Crippen LogP contribution < -0.4 is 0 Å². The second-order valence-corrected chi connectivity index (χ2v) is 12.0. The molecule has 1 saturated carbocycles. The first-order valence-corrected chi connectivity index (χ1v) is 13.9. The highest BCUT2D eigenvalue weighted by Crippen LogP contribution is 2.58. The van der Waals surface area contributed by atoms with Gasteiger partial charge in [-0.25, -0.2) is 4.98 Å². The third-order valence-electron chi connectivity index (χ3n) is 9.16. The summed E-state index contributed by atoms with van der Waals surface area (Å²) in [5, 5.41) is 0. The number of cyclic esters (lactones) is 1. The van der Waals surface area contributed by atoms with E-state index in [1.807, 2.05) is 12.2 Å². The first-order valence-electron chi connectivity index (χ1n) is 13.9. The van der Waals surface area contributed by atoms with Crippen LogP contribution in [0.4, 0.5) is 0 Å². The maximum Gasteiger partial charge on any atom is 0.306 e. The van der Waals surface area contributed by atoms with Crippen molar-refractivity contribution >= 4 is 17.8 Å². The number of rotatable bonds is 4. The fourth-order valence-electron chi connectivity index (χ4n) is 6.39. The van der Waals surface area contributed by atoms with Gasteiger partial charge in [0.2, 0.25) is 0 Å². The Morgan fingerprint density at radius 3 is 2.58 bits per heavy atom. The molecule has 4 heterocycles. The highest BCUT2D eigenvalue weighted by atomic mass is 16.6. The molecule has 5 atom stereocenters. The molecule has 4 aliphatic rings. The van der Waals surface area contributed by atoms with E-state index >= 15 is 0 Å². The van der Waals surface area contributed by atoms with Crippen molar-refractivity contribution in [3.8, 4) is 0 Å². The molecule has 4 fully saturated rings. The van der Waals surface area contributed by atoms with E-state index in [0.29, 0.717) is 42.5 Å². The number of hydrogen-bond acceptors (Lipinski definition) is 7. The zero-order valence-corrected chi connectivity index (χ0v) is 22.1. The molecule has 5 unspecified atom stereocenters. The molecule has 3 aliphatic heterocycles. The standard InChI is InChI=1S/C29H41NO6/c1-20-6-4-12-27(3)29(36-27,17-24-19-34-24)16-23(9-8-22-18-33-21(2)30-22)35-26(32)11-15-28(13-5-14-28)25(31)10-7-20/h8-9,18,20,23-24H,4-7,10-17,19H2,1-3H3. The number of Topliss-reactive ketones (excluding diaryl/α,β-unsaturated/α-hetero) is 1. The average Bonchev–Trinajstić information content (AvgIpc) is 3.66. The van der Waals surface area contributed by atoms with E-state index < -0.39 is 6.10 Å². The number of carbonyl (C=O) groups is 2. The molecule has 1 spiro atoms. The molecule has 36 heavy (non-hydrogen) atoms. The van der Waals surface area contributed by atoms with Crippen molar-refractivity contribution in [3.63, 3.8) is 0 Å². The minimum absolute atomic E-state index is 0.222. The summed E-state index contributed by atoms with van der Waals surface area (Å²) < 4.78 is 23.5. The van der Waals surface area contributed by atoms with Crippen LogP contribution in [0.1, 0.15) is 102 Å². The topological polar surface area (TPSA) is 94.5 Å². The van der Waals surface area contributed by atoms with E-state index in [1.54, 1.807) is 13.2 Å². The van der Waals surface area contributed by atoms with Crippen molar-refractivity contribution in [2.75, 3.05) is 6.61 Å². The van der Waals surface area contributed by atoms with E-state index in [1.165, 1.54) is 0 Å². The quantitative estimate of drug-likeness (QED) is 0.385. The number of aryl methyl sites for hydroxylation is 1. The van der Waals surface area contributed by atoms with Crippen molar-refractivity contribution in [1.82, 2.24) is 4.98 Å².